The molecule has 0 aliphatic rings. The van der Waals surface area contributed by atoms with Gasteiger partial charge in [-0.05, 0) is 24.3 Å². The second kappa shape index (κ2) is 7.97. The van der Waals surface area contributed by atoms with E-state index in [-0.39, 0.29) is 0 Å². The third-order valence-corrected chi connectivity index (χ3v) is 4.33. The van der Waals surface area contributed by atoms with Crippen molar-refractivity contribution in [2.24, 2.45) is 0 Å². The van der Waals surface area contributed by atoms with E-state index in [1.165, 1.54) is 0 Å². The summed E-state index contributed by atoms with van der Waals surface area (Å²) in [6, 6.07) is 14.7. The standard InChI is InChI=1S/C17H19Br2NO/c1-12(2)20-10-14-9-15(18)7-8-17(14)21-11-13-5-3-4-6-16(13)19/h3-9,12,20H,10-11H2,1-2H3. The zero-order valence-electron chi connectivity index (χ0n) is 12.2. The molecule has 0 unspecified atom stereocenters. The van der Waals surface area contributed by atoms with Crippen molar-refractivity contribution in [3.05, 3.63) is 62.5 Å². The SMILES string of the molecule is CC(C)NCc1cc(Br)ccc1OCc1ccccc1Br. The van der Waals surface area contributed by atoms with E-state index in [0.717, 1.165) is 32.4 Å². The van der Waals surface area contributed by atoms with E-state index >= 15 is 0 Å². The molecule has 0 fully saturated rings. The predicted octanol–water partition coefficient (Wildman–Crippen LogP) is 5.29. The lowest BCUT2D eigenvalue weighted by Crippen LogP contribution is -2.22. The molecule has 0 heterocycles. The largest absolute Gasteiger partial charge is 0.489 e. The molecule has 0 aliphatic carbocycles. The summed E-state index contributed by atoms with van der Waals surface area (Å²) >= 11 is 7.07. The summed E-state index contributed by atoms with van der Waals surface area (Å²) in [4.78, 5) is 0. The van der Waals surface area contributed by atoms with Crippen LogP contribution in [-0.2, 0) is 13.2 Å². The molecule has 0 aromatic heterocycles. The molecular weight excluding hydrogens is 394 g/mol. The monoisotopic (exact) mass is 411 g/mol. The van der Waals surface area contributed by atoms with Crippen LogP contribution in [0.4, 0.5) is 0 Å². The van der Waals surface area contributed by atoms with Crippen LogP contribution in [0.15, 0.2) is 51.4 Å². The highest BCUT2D eigenvalue weighted by atomic mass is 79.9. The molecule has 0 amide bonds. The molecule has 112 valence electrons. The van der Waals surface area contributed by atoms with Gasteiger partial charge >= 0.3 is 0 Å². The zero-order chi connectivity index (χ0) is 15.2. The maximum atomic E-state index is 6.00. The second-order valence-electron chi connectivity index (χ2n) is 5.17. The summed E-state index contributed by atoms with van der Waals surface area (Å²) in [6.45, 7) is 5.62. The molecule has 21 heavy (non-hydrogen) atoms. The zero-order valence-corrected chi connectivity index (χ0v) is 15.4. The van der Waals surface area contributed by atoms with Gasteiger partial charge in [0, 0.05) is 32.7 Å². The first-order chi connectivity index (χ1) is 10.1. The first kappa shape index (κ1) is 16.5. The van der Waals surface area contributed by atoms with Gasteiger partial charge in [0.05, 0.1) is 0 Å². The first-order valence-corrected chi connectivity index (χ1v) is 8.53. The molecule has 0 atom stereocenters. The fourth-order valence-corrected chi connectivity index (χ4v) is 2.72. The van der Waals surface area contributed by atoms with Gasteiger partial charge in [-0.3, -0.25) is 0 Å². The Morgan fingerprint density at radius 1 is 1.05 bits per heavy atom. The van der Waals surface area contributed by atoms with Crippen LogP contribution in [0, 0.1) is 0 Å². The summed E-state index contributed by atoms with van der Waals surface area (Å²) in [5, 5.41) is 3.43. The molecule has 0 aliphatic heterocycles. The number of hydrogen-bond acceptors (Lipinski definition) is 2. The van der Waals surface area contributed by atoms with Gasteiger partial charge in [-0.2, -0.15) is 0 Å². The van der Waals surface area contributed by atoms with Crippen LogP contribution in [-0.4, -0.2) is 6.04 Å². The minimum absolute atomic E-state index is 0.445. The Kier molecular flexibility index (Phi) is 6.27. The molecule has 2 aromatic carbocycles. The van der Waals surface area contributed by atoms with Gasteiger partial charge in [-0.25, -0.2) is 0 Å². The van der Waals surface area contributed by atoms with E-state index in [1.54, 1.807) is 0 Å². The molecule has 0 saturated carbocycles. The van der Waals surface area contributed by atoms with E-state index in [2.05, 4.69) is 63.2 Å². The quantitative estimate of drug-likeness (QED) is 0.695. The predicted molar refractivity (Wildman–Crippen MR) is 94.6 cm³/mol. The first-order valence-electron chi connectivity index (χ1n) is 6.94. The molecule has 2 rings (SSSR count). The highest BCUT2D eigenvalue weighted by molar-refractivity contribution is 9.10. The van der Waals surface area contributed by atoms with Crippen molar-refractivity contribution >= 4 is 31.9 Å². The van der Waals surface area contributed by atoms with Crippen molar-refractivity contribution in [2.75, 3.05) is 0 Å². The molecular formula is C17H19Br2NO. The molecule has 0 bridgehead atoms. The molecule has 0 radical (unpaired) electrons. The van der Waals surface area contributed by atoms with Crippen molar-refractivity contribution in [1.29, 1.82) is 0 Å². The fourth-order valence-electron chi connectivity index (χ4n) is 1.91. The maximum absolute atomic E-state index is 6.00. The number of halogens is 2. The Hall–Kier alpha value is -0.840. The summed E-state index contributed by atoms with van der Waals surface area (Å²) in [7, 11) is 0. The molecule has 0 saturated heterocycles. The lowest BCUT2D eigenvalue weighted by molar-refractivity contribution is 0.301. The van der Waals surface area contributed by atoms with Crippen LogP contribution in [0.3, 0.4) is 0 Å². The van der Waals surface area contributed by atoms with Gasteiger partial charge in [0.1, 0.15) is 12.4 Å². The average molecular weight is 413 g/mol. The van der Waals surface area contributed by atoms with Gasteiger partial charge in [0.15, 0.2) is 0 Å². The molecule has 2 nitrogen and oxygen atoms in total. The molecule has 4 heteroatoms. The molecule has 1 N–H and O–H groups in total. The minimum atomic E-state index is 0.445. The van der Waals surface area contributed by atoms with Crippen molar-refractivity contribution < 1.29 is 4.74 Å². The van der Waals surface area contributed by atoms with E-state index in [0.29, 0.717) is 12.6 Å². The number of hydrogen-bond donors (Lipinski definition) is 1. The van der Waals surface area contributed by atoms with Gasteiger partial charge in [-0.15, -0.1) is 0 Å². The van der Waals surface area contributed by atoms with Crippen LogP contribution < -0.4 is 10.1 Å². The van der Waals surface area contributed by atoms with Crippen LogP contribution in [0.25, 0.3) is 0 Å². The Labute approximate surface area is 143 Å². The van der Waals surface area contributed by atoms with Crippen LogP contribution >= 0.6 is 31.9 Å². The maximum Gasteiger partial charge on any atom is 0.124 e. The lowest BCUT2D eigenvalue weighted by Gasteiger charge is -2.15. The Morgan fingerprint density at radius 2 is 1.81 bits per heavy atom. The third kappa shape index (κ3) is 5.13. The van der Waals surface area contributed by atoms with E-state index in [9.17, 15) is 0 Å². The summed E-state index contributed by atoms with van der Waals surface area (Å²) in [5.41, 5.74) is 2.30. The second-order valence-corrected chi connectivity index (χ2v) is 6.94. The molecule has 0 spiro atoms. The fraction of sp³-hybridized carbons (Fsp3) is 0.294. The Bertz CT molecular complexity index is 599. The van der Waals surface area contributed by atoms with Crippen LogP contribution in [0.2, 0.25) is 0 Å². The highest BCUT2D eigenvalue weighted by Gasteiger charge is 2.07. The van der Waals surface area contributed by atoms with Crippen LogP contribution in [0.1, 0.15) is 25.0 Å². The number of rotatable bonds is 6. The van der Waals surface area contributed by atoms with Gasteiger partial charge in [-0.1, -0.05) is 63.9 Å². The third-order valence-electron chi connectivity index (χ3n) is 3.06. The average Bonchev–Trinajstić information content (AvgIpc) is 2.45. The topological polar surface area (TPSA) is 21.3 Å². The van der Waals surface area contributed by atoms with Gasteiger partial charge in [0.25, 0.3) is 0 Å². The number of ether oxygens (including phenoxy) is 1. The van der Waals surface area contributed by atoms with E-state index in [1.807, 2.05) is 30.3 Å². The summed E-state index contributed by atoms with van der Waals surface area (Å²) in [5.74, 6) is 0.919. The van der Waals surface area contributed by atoms with Gasteiger partial charge < -0.3 is 10.1 Å². The highest BCUT2D eigenvalue weighted by Crippen LogP contribution is 2.25. The molecule has 2 aromatic rings. The Morgan fingerprint density at radius 3 is 2.52 bits per heavy atom. The normalized spacial score (nSPS) is 10.9. The van der Waals surface area contributed by atoms with E-state index in [4.69, 9.17) is 4.74 Å². The lowest BCUT2D eigenvalue weighted by atomic mass is 10.2. The van der Waals surface area contributed by atoms with E-state index < -0.39 is 0 Å². The summed E-state index contributed by atoms with van der Waals surface area (Å²) in [6.07, 6.45) is 0. The smallest absolute Gasteiger partial charge is 0.124 e. The van der Waals surface area contributed by atoms with Crippen molar-refractivity contribution in [2.45, 2.75) is 33.0 Å². The van der Waals surface area contributed by atoms with Crippen molar-refractivity contribution in [1.82, 2.24) is 5.32 Å². The Balaban J connectivity index is 2.10. The van der Waals surface area contributed by atoms with Crippen molar-refractivity contribution in [3.63, 3.8) is 0 Å². The number of benzene rings is 2. The van der Waals surface area contributed by atoms with Gasteiger partial charge in [0.2, 0.25) is 0 Å². The van der Waals surface area contributed by atoms with Crippen LogP contribution in [0.5, 0.6) is 5.75 Å². The van der Waals surface area contributed by atoms with Crippen molar-refractivity contribution in [3.8, 4) is 5.75 Å². The minimum Gasteiger partial charge on any atom is -0.489 e. The summed E-state index contributed by atoms with van der Waals surface area (Å²) < 4.78 is 8.14. The number of nitrogens with one attached hydrogen (secondary N) is 1.